The average Bonchev–Trinajstić information content (AvgIpc) is 3.05. The van der Waals surface area contributed by atoms with E-state index in [1.54, 1.807) is 0 Å². The van der Waals surface area contributed by atoms with E-state index in [4.69, 9.17) is 32.9 Å². The van der Waals surface area contributed by atoms with Gasteiger partial charge in [-0.2, -0.15) is 0 Å². The number of rotatable bonds is 4. The standard InChI is InChI=1S/C15H18Cl2N2O/c1-10(14-3-2-8-20-14)19-13-9-11(17)4-5-12(13)18-15(19)6-7-16/h4-5,9-10,14H,2-3,6-8H2,1H3. The third kappa shape index (κ3) is 2.54. The van der Waals surface area contributed by atoms with Gasteiger partial charge in [0.25, 0.3) is 0 Å². The van der Waals surface area contributed by atoms with E-state index >= 15 is 0 Å². The molecule has 0 saturated carbocycles. The Balaban J connectivity index is 2.09. The van der Waals surface area contributed by atoms with Crippen LogP contribution in [-0.4, -0.2) is 28.1 Å². The molecule has 1 fully saturated rings. The monoisotopic (exact) mass is 312 g/mol. The van der Waals surface area contributed by atoms with Crippen molar-refractivity contribution >= 4 is 34.2 Å². The van der Waals surface area contributed by atoms with Crippen LogP contribution in [-0.2, 0) is 11.2 Å². The number of aryl methyl sites for hydroxylation is 1. The zero-order valence-electron chi connectivity index (χ0n) is 11.5. The van der Waals surface area contributed by atoms with Gasteiger partial charge in [-0.1, -0.05) is 11.6 Å². The number of ether oxygens (including phenoxy) is 1. The van der Waals surface area contributed by atoms with Gasteiger partial charge in [-0.05, 0) is 38.0 Å². The van der Waals surface area contributed by atoms with Gasteiger partial charge in [0.05, 0.1) is 23.2 Å². The van der Waals surface area contributed by atoms with Crippen LogP contribution in [0, 0.1) is 0 Å². The second-order valence-corrected chi connectivity index (χ2v) is 6.08. The van der Waals surface area contributed by atoms with E-state index in [9.17, 15) is 0 Å². The highest BCUT2D eigenvalue weighted by Gasteiger charge is 2.26. The van der Waals surface area contributed by atoms with Crippen molar-refractivity contribution in [2.45, 2.75) is 38.3 Å². The maximum atomic E-state index is 6.14. The molecule has 2 aromatic rings. The van der Waals surface area contributed by atoms with Gasteiger partial charge in [0.15, 0.2) is 0 Å². The first-order valence-corrected chi connectivity index (χ1v) is 7.96. The highest BCUT2D eigenvalue weighted by Crippen LogP contribution is 2.30. The maximum absolute atomic E-state index is 6.14. The van der Waals surface area contributed by atoms with E-state index in [0.29, 0.717) is 5.88 Å². The number of hydrogen-bond donors (Lipinski definition) is 0. The Hall–Kier alpha value is -0.770. The van der Waals surface area contributed by atoms with Gasteiger partial charge in [-0.25, -0.2) is 4.98 Å². The predicted molar refractivity (Wildman–Crippen MR) is 82.9 cm³/mol. The van der Waals surface area contributed by atoms with Crippen molar-refractivity contribution in [3.63, 3.8) is 0 Å². The molecule has 0 radical (unpaired) electrons. The third-order valence-corrected chi connectivity index (χ3v) is 4.38. The summed E-state index contributed by atoms with van der Waals surface area (Å²) >= 11 is 12.1. The summed E-state index contributed by atoms with van der Waals surface area (Å²) in [7, 11) is 0. The summed E-state index contributed by atoms with van der Waals surface area (Å²) in [6.07, 6.45) is 3.24. The minimum absolute atomic E-state index is 0.249. The molecule has 20 heavy (non-hydrogen) atoms. The lowest BCUT2D eigenvalue weighted by atomic mass is 10.1. The molecule has 3 rings (SSSR count). The van der Waals surface area contributed by atoms with E-state index in [1.807, 2.05) is 18.2 Å². The van der Waals surface area contributed by atoms with Crippen molar-refractivity contribution in [1.29, 1.82) is 0 Å². The lowest BCUT2D eigenvalue weighted by Crippen LogP contribution is -2.22. The summed E-state index contributed by atoms with van der Waals surface area (Å²) in [5.41, 5.74) is 2.04. The first kappa shape index (κ1) is 14.2. The van der Waals surface area contributed by atoms with E-state index in [-0.39, 0.29) is 12.1 Å². The van der Waals surface area contributed by atoms with Crippen molar-refractivity contribution in [2.24, 2.45) is 0 Å². The van der Waals surface area contributed by atoms with Gasteiger partial charge in [-0.15, -0.1) is 11.6 Å². The fourth-order valence-electron chi connectivity index (χ4n) is 2.98. The van der Waals surface area contributed by atoms with Crippen molar-refractivity contribution in [3.05, 3.63) is 29.0 Å². The second-order valence-electron chi connectivity index (χ2n) is 5.26. The first-order valence-electron chi connectivity index (χ1n) is 7.04. The molecule has 2 heterocycles. The molecule has 1 aliphatic rings. The van der Waals surface area contributed by atoms with E-state index in [2.05, 4.69) is 11.5 Å². The van der Waals surface area contributed by atoms with Gasteiger partial charge >= 0.3 is 0 Å². The molecule has 1 aromatic carbocycles. The molecule has 2 unspecified atom stereocenters. The van der Waals surface area contributed by atoms with Gasteiger partial charge in [-0.3, -0.25) is 0 Å². The molecule has 1 aliphatic heterocycles. The first-order chi connectivity index (χ1) is 9.70. The Morgan fingerprint density at radius 1 is 1.50 bits per heavy atom. The van der Waals surface area contributed by atoms with Crippen LogP contribution in [0.1, 0.15) is 31.6 Å². The van der Waals surface area contributed by atoms with Gasteiger partial charge < -0.3 is 9.30 Å². The summed E-state index contributed by atoms with van der Waals surface area (Å²) in [6.45, 7) is 3.04. The molecule has 0 bridgehead atoms. The van der Waals surface area contributed by atoms with Crippen LogP contribution in [0.3, 0.4) is 0 Å². The van der Waals surface area contributed by atoms with Gasteiger partial charge in [0.1, 0.15) is 5.82 Å². The summed E-state index contributed by atoms with van der Waals surface area (Å²) in [5, 5.41) is 0.732. The highest BCUT2D eigenvalue weighted by molar-refractivity contribution is 6.31. The zero-order valence-corrected chi connectivity index (χ0v) is 13.0. The Bertz CT molecular complexity index is 605. The average molecular weight is 313 g/mol. The largest absolute Gasteiger partial charge is 0.376 e. The number of hydrogen-bond acceptors (Lipinski definition) is 2. The van der Waals surface area contributed by atoms with E-state index in [0.717, 1.165) is 47.7 Å². The Morgan fingerprint density at radius 3 is 3.05 bits per heavy atom. The SMILES string of the molecule is CC(C1CCCO1)n1c(CCCl)nc2ccc(Cl)cc21. The zero-order chi connectivity index (χ0) is 14.1. The van der Waals surface area contributed by atoms with Crippen molar-refractivity contribution in [3.8, 4) is 0 Å². The Kier molecular flexibility index (Phi) is 4.20. The molecular weight excluding hydrogens is 295 g/mol. The number of nitrogens with zero attached hydrogens (tertiary/aromatic N) is 2. The molecular formula is C15H18Cl2N2O. The molecule has 5 heteroatoms. The molecule has 0 N–H and O–H groups in total. The van der Waals surface area contributed by atoms with E-state index in [1.165, 1.54) is 0 Å². The van der Waals surface area contributed by atoms with E-state index < -0.39 is 0 Å². The summed E-state index contributed by atoms with van der Waals surface area (Å²) in [5.74, 6) is 1.58. The van der Waals surface area contributed by atoms with Crippen molar-refractivity contribution in [1.82, 2.24) is 9.55 Å². The fraction of sp³-hybridized carbons (Fsp3) is 0.533. The normalized spacial score (nSPS) is 20.6. The molecule has 0 aliphatic carbocycles. The number of halogens is 2. The summed E-state index contributed by atoms with van der Waals surface area (Å²) in [6, 6.07) is 6.07. The van der Waals surface area contributed by atoms with Gasteiger partial charge in [0, 0.05) is 23.9 Å². The maximum Gasteiger partial charge on any atom is 0.111 e. The number of imidazole rings is 1. The lowest BCUT2D eigenvalue weighted by Gasteiger charge is -2.23. The molecule has 108 valence electrons. The van der Waals surface area contributed by atoms with Crippen LogP contribution in [0.4, 0.5) is 0 Å². The second kappa shape index (κ2) is 5.92. The number of aromatic nitrogens is 2. The number of alkyl halides is 1. The van der Waals surface area contributed by atoms with Crippen LogP contribution in [0.5, 0.6) is 0 Å². The summed E-state index contributed by atoms with van der Waals surface area (Å²) < 4.78 is 8.09. The Labute approximate surface area is 128 Å². The fourth-order valence-corrected chi connectivity index (χ4v) is 3.32. The van der Waals surface area contributed by atoms with Crippen LogP contribution < -0.4 is 0 Å². The predicted octanol–water partition coefficient (Wildman–Crippen LogP) is 4.21. The summed E-state index contributed by atoms with van der Waals surface area (Å²) in [4.78, 5) is 4.70. The smallest absolute Gasteiger partial charge is 0.111 e. The Morgan fingerprint density at radius 2 is 2.35 bits per heavy atom. The topological polar surface area (TPSA) is 27.1 Å². The van der Waals surface area contributed by atoms with Crippen molar-refractivity contribution < 1.29 is 4.74 Å². The molecule has 1 saturated heterocycles. The molecule has 0 amide bonds. The number of fused-ring (bicyclic) bond motifs is 1. The molecule has 1 aromatic heterocycles. The quantitative estimate of drug-likeness (QED) is 0.791. The molecule has 0 spiro atoms. The molecule has 2 atom stereocenters. The molecule has 3 nitrogen and oxygen atoms in total. The minimum atomic E-state index is 0.249. The van der Waals surface area contributed by atoms with Crippen LogP contribution in [0.2, 0.25) is 5.02 Å². The lowest BCUT2D eigenvalue weighted by molar-refractivity contribution is 0.0736. The van der Waals surface area contributed by atoms with Gasteiger partial charge in [0.2, 0.25) is 0 Å². The highest BCUT2D eigenvalue weighted by atomic mass is 35.5. The van der Waals surface area contributed by atoms with Crippen LogP contribution in [0.25, 0.3) is 11.0 Å². The number of benzene rings is 1. The third-order valence-electron chi connectivity index (χ3n) is 3.95. The van der Waals surface area contributed by atoms with Crippen LogP contribution >= 0.6 is 23.2 Å². The minimum Gasteiger partial charge on any atom is -0.376 e. The van der Waals surface area contributed by atoms with Crippen molar-refractivity contribution in [2.75, 3.05) is 12.5 Å². The van der Waals surface area contributed by atoms with Crippen LogP contribution in [0.15, 0.2) is 18.2 Å².